The zero-order chi connectivity index (χ0) is 34.8. The molecular weight excluding hydrogens is 628 g/mol. The average Bonchev–Trinajstić information content (AvgIpc) is 3.71. The summed E-state index contributed by atoms with van der Waals surface area (Å²) >= 11 is 0. The number of carbonyl (C=O) groups is 3. The zero-order valence-electron chi connectivity index (χ0n) is 28.4. The van der Waals surface area contributed by atoms with Crippen molar-refractivity contribution in [3.8, 4) is 0 Å². The smallest absolute Gasteiger partial charge is 0.338 e. The Kier molecular flexibility index (Phi) is 6.06. The lowest BCUT2D eigenvalue weighted by Gasteiger charge is -2.77. The van der Waals surface area contributed by atoms with E-state index in [1.54, 1.807) is 26.8 Å². The Hall–Kier alpha value is -2.97. The summed E-state index contributed by atoms with van der Waals surface area (Å²) in [5.41, 5.74) is -10.3. The van der Waals surface area contributed by atoms with E-state index in [1.165, 1.54) is 26.6 Å². The van der Waals surface area contributed by atoms with Gasteiger partial charge in [0, 0.05) is 53.9 Å². The third kappa shape index (κ3) is 3.01. The number of allylic oxidation sites excluding steroid dienone is 1. The Bertz CT molecular complexity index is 1670. The number of aliphatic hydroxyl groups is 3. The van der Waals surface area contributed by atoms with Crippen LogP contribution in [-0.4, -0.2) is 80.9 Å². The van der Waals surface area contributed by atoms with Gasteiger partial charge in [-0.05, 0) is 31.2 Å². The fraction of sp³-hybridized carbons (Fsp3) is 0.743. The van der Waals surface area contributed by atoms with E-state index in [1.807, 2.05) is 20.8 Å². The van der Waals surface area contributed by atoms with Gasteiger partial charge in [0.1, 0.15) is 23.1 Å². The van der Waals surface area contributed by atoms with E-state index in [4.69, 9.17) is 32.8 Å². The van der Waals surface area contributed by atoms with Crippen molar-refractivity contribution in [1.82, 2.24) is 0 Å². The van der Waals surface area contributed by atoms with E-state index in [9.17, 15) is 29.7 Å². The van der Waals surface area contributed by atoms with E-state index in [0.29, 0.717) is 5.56 Å². The van der Waals surface area contributed by atoms with Gasteiger partial charge in [-0.2, -0.15) is 0 Å². The number of carbonyl (C=O) groups excluding carboxylic acids is 3. The van der Waals surface area contributed by atoms with Crippen molar-refractivity contribution in [2.75, 3.05) is 7.11 Å². The normalized spacial score (nSPS) is 52.2. The predicted molar refractivity (Wildman–Crippen MR) is 160 cm³/mol. The molecule has 1 aromatic rings. The Morgan fingerprint density at radius 2 is 1.77 bits per heavy atom. The van der Waals surface area contributed by atoms with Crippen molar-refractivity contribution < 1.29 is 62.5 Å². The van der Waals surface area contributed by atoms with Gasteiger partial charge in [0.2, 0.25) is 0 Å². The van der Waals surface area contributed by atoms with Gasteiger partial charge in [0.25, 0.3) is 5.97 Å². The van der Waals surface area contributed by atoms with Crippen LogP contribution < -0.4 is 0 Å². The summed E-state index contributed by atoms with van der Waals surface area (Å²) < 4.78 is 44.0. The molecule has 48 heavy (non-hydrogen) atoms. The number of rotatable bonds is 6. The molecule has 1 aromatic heterocycles. The minimum Gasteiger partial charge on any atom is -0.511 e. The molecule has 0 radical (unpaired) electrons. The van der Waals surface area contributed by atoms with Crippen LogP contribution >= 0.6 is 0 Å². The fourth-order valence-corrected chi connectivity index (χ4v) is 12.6. The number of hydrogen-bond donors (Lipinski definition) is 3. The van der Waals surface area contributed by atoms with Crippen molar-refractivity contribution in [2.24, 2.45) is 34.0 Å². The molecule has 3 saturated heterocycles. The number of aliphatic hydroxyl groups excluding tert-OH is 2. The standard InChI is InChI=1S/C35H44O13/c1-16(2)22(38)21-23-28(4,24(39)18-9-12-43-14-18)10-11-32-30(6)19(13-20(37)42-8)29(5)15-33(30)34(41,26(29)44-17(3)36)27(45-25(21)40)35(23,32)48-31(7,46-32)47-33/h9,12,14,16,19,23-24,26-27,38-39,41H,10-11,13,15H2,1-8H3/b22-21-. The molecule has 7 fully saturated rings. The van der Waals surface area contributed by atoms with Gasteiger partial charge in [0.15, 0.2) is 17.3 Å². The van der Waals surface area contributed by atoms with Gasteiger partial charge in [-0.1, -0.05) is 34.6 Å². The Labute approximate surface area is 277 Å². The lowest BCUT2D eigenvalue weighted by Crippen LogP contribution is -2.94. The van der Waals surface area contributed by atoms with Crippen molar-refractivity contribution in [2.45, 2.75) is 121 Å². The monoisotopic (exact) mass is 672 g/mol. The maximum atomic E-state index is 14.5. The van der Waals surface area contributed by atoms with Crippen LogP contribution in [0.25, 0.3) is 0 Å². The number of ether oxygens (including phenoxy) is 6. The van der Waals surface area contributed by atoms with Crippen molar-refractivity contribution >= 4 is 17.9 Å². The minimum absolute atomic E-state index is 0.0987. The molecule has 13 nitrogen and oxygen atoms in total. The van der Waals surface area contributed by atoms with Crippen LogP contribution in [0, 0.1) is 34.0 Å². The summed E-state index contributed by atoms with van der Waals surface area (Å²) in [4.78, 5) is 40.6. The number of hydrogen-bond acceptors (Lipinski definition) is 13. The van der Waals surface area contributed by atoms with Gasteiger partial charge in [-0.15, -0.1) is 0 Å². The van der Waals surface area contributed by atoms with Gasteiger partial charge in [-0.3, -0.25) is 9.59 Å². The highest BCUT2D eigenvalue weighted by Gasteiger charge is 3.04. The van der Waals surface area contributed by atoms with Crippen molar-refractivity contribution in [3.05, 3.63) is 35.5 Å². The van der Waals surface area contributed by atoms with Gasteiger partial charge in [0.05, 0.1) is 31.3 Å². The molecule has 3 aliphatic heterocycles. The number of fused-ring (bicyclic) bond motifs is 3. The Morgan fingerprint density at radius 1 is 1.08 bits per heavy atom. The van der Waals surface area contributed by atoms with Crippen LogP contribution in [0.5, 0.6) is 0 Å². The van der Waals surface area contributed by atoms with E-state index >= 15 is 0 Å². The first-order valence-corrected chi connectivity index (χ1v) is 16.7. The second kappa shape index (κ2) is 9.03. The molecule has 13 heteroatoms. The van der Waals surface area contributed by atoms with Crippen LogP contribution in [0.2, 0.25) is 0 Å². The van der Waals surface area contributed by atoms with E-state index in [-0.39, 0.29) is 37.0 Å². The third-order valence-corrected chi connectivity index (χ3v) is 14.0. The number of methoxy groups -OCH3 is 1. The molecule has 4 saturated carbocycles. The lowest BCUT2D eigenvalue weighted by molar-refractivity contribution is -0.478. The highest BCUT2D eigenvalue weighted by Crippen LogP contribution is 2.90. The zero-order valence-corrected chi connectivity index (χ0v) is 28.4. The maximum Gasteiger partial charge on any atom is 0.338 e. The van der Waals surface area contributed by atoms with Gasteiger partial charge < -0.3 is 48.2 Å². The molecular formula is C35H44O13. The van der Waals surface area contributed by atoms with Gasteiger partial charge in [-0.25, -0.2) is 4.79 Å². The first kappa shape index (κ1) is 32.2. The molecule has 3 N–H and O–H groups in total. The summed E-state index contributed by atoms with van der Waals surface area (Å²) in [6.45, 7) is 11.9. The molecule has 3 spiro atoms. The SMILES string of the molecule is COC(=O)CC1C2(C)CC34OC5(C)OC67C(/C(=C(/O)C(C)C)C(=O)OC6C3(O)C2OC(C)=O)C(C)(C(O)c2ccoc2)CCC7(O5)C14C. The van der Waals surface area contributed by atoms with Crippen LogP contribution in [0.3, 0.4) is 0 Å². The summed E-state index contributed by atoms with van der Waals surface area (Å²) in [7, 11) is 1.30. The van der Waals surface area contributed by atoms with Crippen LogP contribution in [0.4, 0.5) is 0 Å². The van der Waals surface area contributed by atoms with Gasteiger partial charge >= 0.3 is 17.9 Å². The summed E-state index contributed by atoms with van der Waals surface area (Å²) in [6, 6.07) is 1.63. The largest absolute Gasteiger partial charge is 0.511 e. The molecule has 13 unspecified atom stereocenters. The minimum atomic E-state index is -2.22. The second-order valence-electron chi connectivity index (χ2n) is 16.3. The van der Waals surface area contributed by atoms with Crippen LogP contribution in [0.15, 0.2) is 34.3 Å². The van der Waals surface area contributed by atoms with Crippen molar-refractivity contribution in [1.29, 1.82) is 0 Å². The number of furan rings is 1. The van der Waals surface area contributed by atoms with Crippen LogP contribution in [-0.2, 0) is 42.8 Å². The van der Waals surface area contributed by atoms with E-state index in [2.05, 4.69) is 0 Å². The predicted octanol–water partition coefficient (Wildman–Crippen LogP) is 3.38. The number of esters is 3. The highest BCUT2D eigenvalue weighted by molar-refractivity contribution is 5.92. The first-order valence-electron chi connectivity index (χ1n) is 16.7. The Balaban J connectivity index is 1.50. The molecule has 13 atom stereocenters. The quantitative estimate of drug-likeness (QED) is 0.173. The summed E-state index contributed by atoms with van der Waals surface area (Å²) in [5, 5.41) is 37.6. The summed E-state index contributed by atoms with van der Waals surface area (Å²) in [5.74, 6) is -6.50. The second-order valence-corrected chi connectivity index (χ2v) is 16.3. The molecule has 0 aromatic carbocycles. The summed E-state index contributed by atoms with van der Waals surface area (Å²) in [6.07, 6.45) is -0.748. The fourth-order valence-electron chi connectivity index (χ4n) is 12.6. The first-order chi connectivity index (χ1) is 22.3. The molecule has 4 bridgehead atoms. The maximum absolute atomic E-state index is 14.5. The molecule has 0 amide bonds. The van der Waals surface area contributed by atoms with E-state index in [0.717, 1.165) is 0 Å². The lowest BCUT2D eigenvalue weighted by atomic mass is 9.33. The highest BCUT2D eigenvalue weighted by atomic mass is 16.9. The van der Waals surface area contributed by atoms with Crippen LogP contribution in [0.1, 0.15) is 85.8 Å². The molecule has 262 valence electrons. The molecule has 4 aliphatic carbocycles. The van der Waals surface area contributed by atoms with E-state index < -0.39 is 98.6 Å². The van der Waals surface area contributed by atoms with Crippen molar-refractivity contribution in [3.63, 3.8) is 0 Å². The third-order valence-electron chi connectivity index (χ3n) is 14.0. The average molecular weight is 673 g/mol. The molecule has 4 heterocycles. The topological polar surface area (TPSA) is 180 Å². The molecule has 7 aliphatic rings. The molecule has 8 rings (SSSR count). The Morgan fingerprint density at radius 3 is 2.38 bits per heavy atom.